The van der Waals surface area contributed by atoms with Gasteiger partial charge in [-0.15, -0.1) is 0 Å². The molecule has 1 fully saturated rings. The molecule has 2 atom stereocenters. The molecular weight excluding hydrogens is 291 g/mol. The molecule has 5 nitrogen and oxygen atoms in total. The zero-order valence-corrected chi connectivity index (χ0v) is 14.3. The summed E-state index contributed by atoms with van der Waals surface area (Å²) in [6, 6.07) is 0. The van der Waals surface area contributed by atoms with Gasteiger partial charge in [0.15, 0.2) is 6.29 Å². The summed E-state index contributed by atoms with van der Waals surface area (Å²) in [5.41, 5.74) is 0. The fourth-order valence-corrected chi connectivity index (χ4v) is 3.43. The molecule has 6 heteroatoms. The molecule has 124 valence electrons. The average molecular weight is 320 g/mol. The second-order valence-electron chi connectivity index (χ2n) is 5.23. The van der Waals surface area contributed by atoms with E-state index < -0.39 is 7.60 Å². The average Bonchev–Trinajstić information content (AvgIpc) is 2.47. The van der Waals surface area contributed by atoms with Crippen LogP contribution in [-0.2, 0) is 23.1 Å². The topological polar surface area (TPSA) is 54.0 Å². The summed E-state index contributed by atoms with van der Waals surface area (Å²) in [5.74, 6) is 1.90. The third-order valence-corrected chi connectivity index (χ3v) is 4.96. The van der Waals surface area contributed by atoms with E-state index in [0.29, 0.717) is 25.7 Å². The van der Waals surface area contributed by atoms with Gasteiger partial charge in [-0.1, -0.05) is 13.0 Å². The third kappa shape index (κ3) is 8.12. The van der Waals surface area contributed by atoms with E-state index in [2.05, 4.69) is 6.92 Å². The number of hydrogen-bond acceptors (Lipinski definition) is 5. The van der Waals surface area contributed by atoms with Crippen molar-refractivity contribution in [2.24, 2.45) is 5.92 Å². The van der Waals surface area contributed by atoms with Crippen LogP contribution in [0.5, 0.6) is 0 Å². The van der Waals surface area contributed by atoms with Crippen LogP contribution >= 0.6 is 7.60 Å². The third-order valence-electron chi connectivity index (χ3n) is 3.15. The maximum atomic E-state index is 12.2. The van der Waals surface area contributed by atoms with Crippen molar-refractivity contribution >= 4 is 7.60 Å². The van der Waals surface area contributed by atoms with Gasteiger partial charge in [0.25, 0.3) is 0 Å². The van der Waals surface area contributed by atoms with Crippen molar-refractivity contribution in [3.63, 3.8) is 0 Å². The first-order valence-electron chi connectivity index (χ1n) is 7.89. The van der Waals surface area contributed by atoms with E-state index in [9.17, 15) is 4.57 Å². The molecule has 0 saturated carbocycles. The molecule has 1 aliphatic rings. The Hall–Kier alpha value is -0.190. The highest BCUT2D eigenvalue weighted by atomic mass is 31.2. The fraction of sp³-hybridized carbons (Fsp3) is 0.867. The van der Waals surface area contributed by atoms with Crippen LogP contribution in [-0.4, -0.2) is 32.7 Å². The van der Waals surface area contributed by atoms with E-state index >= 15 is 0 Å². The molecule has 0 N–H and O–H groups in total. The Kier molecular flexibility index (Phi) is 9.45. The van der Waals surface area contributed by atoms with Crippen molar-refractivity contribution in [2.75, 3.05) is 26.4 Å². The minimum Gasteiger partial charge on any atom is -0.353 e. The van der Waals surface area contributed by atoms with Crippen LogP contribution in [0, 0.1) is 5.92 Å². The highest BCUT2D eigenvalue weighted by molar-refractivity contribution is 7.57. The minimum atomic E-state index is -3.07. The van der Waals surface area contributed by atoms with E-state index in [4.69, 9.17) is 18.5 Å². The molecule has 0 aliphatic carbocycles. The van der Waals surface area contributed by atoms with Crippen LogP contribution in [0.2, 0.25) is 0 Å². The van der Waals surface area contributed by atoms with Gasteiger partial charge < -0.3 is 18.5 Å². The van der Waals surface area contributed by atoms with Gasteiger partial charge in [0.05, 0.1) is 19.8 Å². The van der Waals surface area contributed by atoms with Gasteiger partial charge in [0.2, 0.25) is 0 Å². The Morgan fingerprint density at radius 2 is 2.00 bits per heavy atom. The highest BCUT2D eigenvalue weighted by Gasteiger charge is 2.19. The van der Waals surface area contributed by atoms with Crippen molar-refractivity contribution in [1.29, 1.82) is 0 Å². The van der Waals surface area contributed by atoms with Crippen LogP contribution in [0.15, 0.2) is 11.9 Å². The van der Waals surface area contributed by atoms with Gasteiger partial charge >= 0.3 is 7.60 Å². The predicted molar refractivity (Wildman–Crippen MR) is 83.3 cm³/mol. The summed E-state index contributed by atoms with van der Waals surface area (Å²) in [5, 5.41) is 0. The Labute approximate surface area is 128 Å². The molecule has 0 aromatic rings. The van der Waals surface area contributed by atoms with Crippen molar-refractivity contribution in [1.82, 2.24) is 0 Å². The molecule has 21 heavy (non-hydrogen) atoms. The molecule has 0 aromatic heterocycles. The predicted octanol–water partition coefficient (Wildman–Crippen LogP) is 4.34. The van der Waals surface area contributed by atoms with Crippen molar-refractivity contribution in [2.45, 2.75) is 52.7 Å². The standard InChI is InChI=1S/C15H29O5P/c1-4-19-21(16,20-5-2)12-8-9-14(3)13-18-15-10-6-7-11-17-15/h8,12,14-15H,4-7,9-11,13H2,1-3H3. The van der Waals surface area contributed by atoms with E-state index in [1.54, 1.807) is 19.7 Å². The second-order valence-corrected chi connectivity index (χ2v) is 7.12. The smallest absolute Gasteiger partial charge is 0.353 e. The summed E-state index contributed by atoms with van der Waals surface area (Å²) in [6.07, 6.45) is 5.86. The largest absolute Gasteiger partial charge is 0.353 e. The molecule has 0 amide bonds. The molecule has 1 aliphatic heterocycles. The summed E-state index contributed by atoms with van der Waals surface area (Å²) >= 11 is 0. The molecule has 2 unspecified atom stereocenters. The van der Waals surface area contributed by atoms with Crippen LogP contribution in [0.25, 0.3) is 0 Å². The lowest BCUT2D eigenvalue weighted by Gasteiger charge is -2.24. The molecule has 0 radical (unpaired) electrons. The van der Waals surface area contributed by atoms with Crippen LogP contribution < -0.4 is 0 Å². The molecule has 0 aromatic carbocycles. The van der Waals surface area contributed by atoms with Crippen LogP contribution in [0.4, 0.5) is 0 Å². The summed E-state index contributed by atoms with van der Waals surface area (Å²) < 4.78 is 33.9. The monoisotopic (exact) mass is 320 g/mol. The van der Waals surface area contributed by atoms with Gasteiger partial charge in [-0.05, 0) is 45.4 Å². The molecular formula is C15H29O5P. The van der Waals surface area contributed by atoms with Crippen molar-refractivity contribution in [3.8, 4) is 0 Å². The molecule has 0 spiro atoms. The second kappa shape index (κ2) is 10.5. The first kappa shape index (κ1) is 18.9. The minimum absolute atomic E-state index is 0.0527. The molecule has 1 heterocycles. The van der Waals surface area contributed by atoms with E-state index in [1.807, 2.05) is 6.08 Å². The van der Waals surface area contributed by atoms with Gasteiger partial charge in [-0.3, -0.25) is 4.57 Å². The van der Waals surface area contributed by atoms with Gasteiger partial charge in [-0.2, -0.15) is 0 Å². The first-order valence-corrected chi connectivity index (χ1v) is 9.50. The summed E-state index contributed by atoms with van der Waals surface area (Å²) in [6.45, 7) is 7.89. The highest BCUT2D eigenvalue weighted by Crippen LogP contribution is 2.49. The first-order chi connectivity index (χ1) is 10.1. The normalized spacial score (nSPS) is 21.8. The SMILES string of the molecule is CCOP(=O)(C=CCC(C)COC1CCCCO1)OCC. The maximum Gasteiger partial charge on any atom is 0.353 e. The number of ether oxygens (including phenoxy) is 2. The Morgan fingerprint density at radius 3 is 2.57 bits per heavy atom. The van der Waals surface area contributed by atoms with Gasteiger partial charge in [0, 0.05) is 12.4 Å². The quantitative estimate of drug-likeness (QED) is 0.561. The van der Waals surface area contributed by atoms with E-state index in [1.165, 1.54) is 6.42 Å². The number of hydrogen-bond donors (Lipinski definition) is 0. The van der Waals surface area contributed by atoms with Gasteiger partial charge in [-0.25, -0.2) is 0 Å². The van der Waals surface area contributed by atoms with Crippen molar-refractivity contribution in [3.05, 3.63) is 11.9 Å². The zero-order chi connectivity index (χ0) is 15.6. The van der Waals surface area contributed by atoms with E-state index in [-0.39, 0.29) is 6.29 Å². The lowest BCUT2D eigenvalue weighted by atomic mass is 10.1. The lowest BCUT2D eigenvalue weighted by molar-refractivity contribution is -0.168. The Balaban J connectivity index is 2.27. The number of rotatable bonds is 10. The fourth-order valence-electron chi connectivity index (χ4n) is 2.09. The zero-order valence-electron chi connectivity index (χ0n) is 13.5. The number of allylic oxidation sites excluding steroid dienone is 1. The van der Waals surface area contributed by atoms with Gasteiger partial charge in [0.1, 0.15) is 0 Å². The molecule has 0 bridgehead atoms. The maximum absolute atomic E-state index is 12.2. The summed E-state index contributed by atoms with van der Waals surface area (Å²) in [7, 11) is -3.07. The lowest BCUT2D eigenvalue weighted by Crippen LogP contribution is -2.24. The van der Waals surface area contributed by atoms with Crippen LogP contribution in [0.3, 0.4) is 0 Å². The summed E-state index contributed by atoms with van der Waals surface area (Å²) in [4.78, 5) is 0. The molecule has 1 saturated heterocycles. The van der Waals surface area contributed by atoms with E-state index in [0.717, 1.165) is 25.9 Å². The van der Waals surface area contributed by atoms with Crippen LogP contribution in [0.1, 0.15) is 46.5 Å². The molecule has 1 rings (SSSR count). The van der Waals surface area contributed by atoms with Crippen molar-refractivity contribution < 1.29 is 23.1 Å². The Bertz CT molecular complexity index is 329. The Morgan fingerprint density at radius 1 is 1.29 bits per heavy atom.